The predicted octanol–water partition coefficient (Wildman–Crippen LogP) is 1.53. The molecule has 0 fully saturated rings. The fraction of sp³-hybridized carbons (Fsp3) is 0.333. The zero-order valence-corrected chi connectivity index (χ0v) is 9.41. The molecular formula is C12H15NO3. The number of hydrogen-bond acceptors (Lipinski definition) is 3. The summed E-state index contributed by atoms with van der Waals surface area (Å²) in [6, 6.07) is 3.15. The van der Waals surface area contributed by atoms with Crippen LogP contribution in [0.4, 0.5) is 0 Å². The van der Waals surface area contributed by atoms with Crippen molar-refractivity contribution >= 4 is 11.8 Å². The van der Waals surface area contributed by atoms with Crippen molar-refractivity contribution in [2.24, 2.45) is 5.73 Å². The molecule has 4 nitrogen and oxygen atoms in total. The van der Waals surface area contributed by atoms with Gasteiger partial charge in [0, 0.05) is 12.0 Å². The first-order chi connectivity index (χ1) is 7.47. The molecule has 0 radical (unpaired) electrons. The van der Waals surface area contributed by atoms with Crippen LogP contribution < -0.4 is 5.73 Å². The van der Waals surface area contributed by atoms with Crippen molar-refractivity contribution in [2.45, 2.75) is 20.3 Å². The van der Waals surface area contributed by atoms with Crippen LogP contribution in [0, 0.1) is 13.8 Å². The lowest BCUT2D eigenvalue weighted by atomic mass is 9.96. The fourth-order valence-electron chi connectivity index (χ4n) is 1.65. The van der Waals surface area contributed by atoms with Gasteiger partial charge in [0.15, 0.2) is 5.78 Å². The summed E-state index contributed by atoms with van der Waals surface area (Å²) in [5.41, 5.74) is 7.39. The first-order valence-electron chi connectivity index (χ1n) is 5.05. The highest BCUT2D eigenvalue weighted by Gasteiger charge is 2.14. The van der Waals surface area contributed by atoms with E-state index in [2.05, 4.69) is 0 Å². The van der Waals surface area contributed by atoms with Crippen molar-refractivity contribution in [2.75, 3.05) is 6.54 Å². The van der Waals surface area contributed by atoms with Gasteiger partial charge in [0.05, 0.1) is 5.56 Å². The van der Waals surface area contributed by atoms with E-state index in [1.807, 2.05) is 0 Å². The predicted molar refractivity (Wildman–Crippen MR) is 60.9 cm³/mol. The van der Waals surface area contributed by atoms with Crippen LogP contribution in [0.15, 0.2) is 12.1 Å². The van der Waals surface area contributed by atoms with Crippen LogP contribution in [0.2, 0.25) is 0 Å². The third-order valence-corrected chi connectivity index (χ3v) is 2.47. The average molecular weight is 221 g/mol. The molecule has 0 aromatic heterocycles. The Labute approximate surface area is 94.1 Å². The van der Waals surface area contributed by atoms with Crippen molar-refractivity contribution in [3.05, 3.63) is 34.4 Å². The van der Waals surface area contributed by atoms with E-state index in [-0.39, 0.29) is 24.3 Å². The summed E-state index contributed by atoms with van der Waals surface area (Å²) in [6.07, 6.45) is 0.239. The zero-order valence-electron chi connectivity index (χ0n) is 9.41. The monoisotopic (exact) mass is 221 g/mol. The number of aromatic carboxylic acids is 1. The third-order valence-electron chi connectivity index (χ3n) is 2.47. The third kappa shape index (κ3) is 2.46. The molecule has 1 aromatic rings. The molecule has 0 amide bonds. The number of carbonyl (C=O) groups excluding carboxylic acids is 1. The topological polar surface area (TPSA) is 80.4 Å². The van der Waals surface area contributed by atoms with Crippen LogP contribution in [0.25, 0.3) is 0 Å². The highest BCUT2D eigenvalue weighted by Crippen LogP contribution is 2.17. The van der Waals surface area contributed by atoms with Crippen LogP contribution in [-0.4, -0.2) is 23.4 Å². The normalized spacial score (nSPS) is 10.2. The van der Waals surface area contributed by atoms with Gasteiger partial charge in [0.2, 0.25) is 0 Å². The van der Waals surface area contributed by atoms with Crippen LogP contribution in [-0.2, 0) is 0 Å². The molecule has 0 saturated heterocycles. The van der Waals surface area contributed by atoms with Gasteiger partial charge in [0.25, 0.3) is 0 Å². The Morgan fingerprint density at radius 2 is 1.75 bits per heavy atom. The second kappa shape index (κ2) is 4.90. The van der Waals surface area contributed by atoms with Gasteiger partial charge in [-0.05, 0) is 37.6 Å². The van der Waals surface area contributed by atoms with E-state index in [1.165, 1.54) is 6.07 Å². The highest BCUT2D eigenvalue weighted by molar-refractivity contribution is 6.00. The fourth-order valence-corrected chi connectivity index (χ4v) is 1.65. The molecule has 0 heterocycles. The number of Topliss-reactive ketones (excluding diaryl/α,β-unsaturated/α-hetero) is 1. The standard InChI is InChI=1S/C12H15NO3/c1-7-5-8(2)10(12(15)16)6-9(7)11(14)3-4-13/h5-6H,3-4,13H2,1-2H3,(H,15,16). The summed E-state index contributed by atoms with van der Waals surface area (Å²) in [5.74, 6) is -1.12. The van der Waals surface area contributed by atoms with Crippen molar-refractivity contribution in [1.82, 2.24) is 0 Å². The summed E-state index contributed by atoms with van der Waals surface area (Å²) in [4.78, 5) is 22.6. The van der Waals surface area contributed by atoms with Crippen LogP contribution in [0.5, 0.6) is 0 Å². The molecule has 0 aliphatic carbocycles. The van der Waals surface area contributed by atoms with E-state index in [4.69, 9.17) is 10.8 Å². The Morgan fingerprint density at radius 3 is 2.25 bits per heavy atom. The Morgan fingerprint density at radius 1 is 1.19 bits per heavy atom. The lowest BCUT2D eigenvalue weighted by Crippen LogP contribution is -2.11. The molecule has 86 valence electrons. The maximum absolute atomic E-state index is 11.7. The Bertz CT molecular complexity index is 438. The minimum Gasteiger partial charge on any atom is -0.478 e. The summed E-state index contributed by atoms with van der Waals surface area (Å²) in [7, 11) is 0. The largest absolute Gasteiger partial charge is 0.478 e. The van der Waals surface area contributed by atoms with Crippen molar-refractivity contribution in [3.8, 4) is 0 Å². The van der Waals surface area contributed by atoms with E-state index >= 15 is 0 Å². The maximum atomic E-state index is 11.7. The van der Waals surface area contributed by atoms with Gasteiger partial charge in [-0.3, -0.25) is 4.79 Å². The number of aryl methyl sites for hydroxylation is 2. The zero-order chi connectivity index (χ0) is 12.3. The number of nitrogens with two attached hydrogens (primary N) is 1. The minimum atomic E-state index is -1.01. The smallest absolute Gasteiger partial charge is 0.335 e. The number of hydrogen-bond donors (Lipinski definition) is 2. The molecule has 0 unspecified atom stereocenters. The Hall–Kier alpha value is -1.68. The molecule has 1 rings (SSSR count). The van der Waals surface area contributed by atoms with Gasteiger partial charge in [-0.25, -0.2) is 4.79 Å². The van der Waals surface area contributed by atoms with Crippen LogP contribution in [0.3, 0.4) is 0 Å². The Balaban J connectivity index is 3.24. The maximum Gasteiger partial charge on any atom is 0.335 e. The van der Waals surface area contributed by atoms with Crippen molar-refractivity contribution in [1.29, 1.82) is 0 Å². The summed E-state index contributed by atoms with van der Waals surface area (Å²) >= 11 is 0. The molecular weight excluding hydrogens is 206 g/mol. The lowest BCUT2D eigenvalue weighted by Gasteiger charge is -2.08. The summed E-state index contributed by atoms with van der Waals surface area (Å²) in [5, 5.41) is 8.96. The van der Waals surface area contributed by atoms with E-state index < -0.39 is 5.97 Å². The van der Waals surface area contributed by atoms with Gasteiger partial charge in [-0.2, -0.15) is 0 Å². The molecule has 0 aliphatic rings. The number of ketones is 1. The van der Waals surface area contributed by atoms with E-state index in [9.17, 15) is 9.59 Å². The summed E-state index contributed by atoms with van der Waals surface area (Å²) in [6.45, 7) is 3.78. The molecule has 0 atom stereocenters. The first-order valence-corrected chi connectivity index (χ1v) is 5.05. The molecule has 3 N–H and O–H groups in total. The molecule has 0 saturated carbocycles. The lowest BCUT2D eigenvalue weighted by molar-refractivity contribution is 0.0696. The molecule has 1 aromatic carbocycles. The number of rotatable bonds is 4. The van der Waals surface area contributed by atoms with Crippen LogP contribution >= 0.6 is 0 Å². The second-order valence-corrected chi connectivity index (χ2v) is 3.75. The molecule has 0 aliphatic heterocycles. The van der Waals surface area contributed by atoms with Gasteiger partial charge in [-0.1, -0.05) is 6.07 Å². The number of carboxylic acids is 1. The second-order valence-electron chi connectivity index (χ2n) is 3.75. The Kier molecular flexibility index (Phi) is 3.79. The molecule has 0 bridgehead atoms. The molecule has 16 heavy (non-hydrogen) atoms. The molecule has 4 heteroatoms. The number of benzene rings is 1. The van der Waals surface area contributed by atoms with E-state index in [0.717, 1.165) is 5.56 Å². The van der Waals surface area contributed by atoms with Gasteiger partial charge in [-0.15, -0.1) is 0 Å². The van der Waals surface area contributed by atoms with E-state index in [0.29, 0.717) is 11.1 Å². The molecule has 0 spiro atoms. The highest BCUT2D eigenvalue weighted by atomic mass is 16.4. The van der Waals surface area contributed by atoms with Crippen LogP contribution in [0.1, 0.15) is 38.3 Å². The van der Waals surface area contributed by atoms with Crippen molar-refractivity contribution in [3.63, 3.8) is 0 Å². The minimum absolute atomic E-state index is 0.109. The average Bonchev–Trinajstić information content (AvgIpc) is 2.17. The number of carboxylic acid groups (broad SMARTS) is 1. The SMILES string of the molecule is Cc1cc(C)c(C(=O)CCN)cc1C(=O)O. The quantitative estimate of drug-likeness (QED) is 0.755. The summed E-state index contributed by atoms with van der Waals surface area (Å²) < 4.78 is 0. The first kappa shape index (κ1) is 12.4. The number of carbonyl (C=O) groups is 2. The van der Waals surface area contributed by atoms with Crippen molar-refractivity contribution < 1.29 is 14.7 Å². The van der Waals surface area contributed by atoms with E-state index in [1.54, 1.807) is 19.9 Å². The van der Waals surface area contributed by atoms with Gasteiger partial charge >= 0.3 is 5.97 Å². The van der Waals surface area contributed by atoms with Gasteiger partial charge < -0.3 is 10.8 Å². The van der Waals surface area contributed by atoms with Gasteiger partial charge in [0.1, 0.15) is 0 Å².